The fourth-order valence-corrected chi connectivity index (χ4v) is 4.91. The van der Waals surface area contributed by atoms with E-state index in [9.17, 15) is 13.2 Å². The Labute approximate surface area is 182 Å². The molecule has 0 bridgehead atoms. The molecule has 8 heteroatoms. The Morgan fingerprint density at radius 1 is 1.03 bits per heavy atom. The number of hydrogen-bond donors (Lipinski definition) is 0. The van der Waals surface area contributed by atoms with Crippen molar-refractivity contribution in [2.24, 2.45) is 0 Å². The number of anilines is 1. The Bertz CT molecular complexity index is 1140. The van der Waals surface area contributed by atoms with Crippen LogP contribution in [0.3, 0.4) is 0 Å². The molecule has 0 N–H and O–H groups in total. The first-order chi connectivity index (χ1) is 15.0. The minimum Gasteiger partial charge on any atom is -0.337 e. The second-order valence-electron chi connectivity index (χ2n) is 7.00. The van der Waals surface area contributed by atoms with Gasteiger partial charge in [-0.1, -0.05) is 30.3 Å². The number of carbonyl (C=O) groups is 1. The van der Waals surface area contributed by atoms with Crippen LogP contribution in [0.5, 0.6) is 0 Å². The molecule has 31 heavy (non-hydrogen) atoms. The summed E-state index contributed by atoms with van der Waals surface area (Å²) in [5.74, 6) is -0.295. The molecule has 0 aliphatic carbocycles. The van der Waals surface area contributed by atoms with E-state index in [4.69, 9.17) is 10.5 Å². The summed E-state index contributed by atoms with van der Waals surface area (Å²) in [6.07, 6.45) is 4.03. The zero-order valence-electron chi connectivity index (χ0n) is 16.9. The van der Waals surface area contributed by atoms with Crippen LogP contribution in [0.15, 0.2) is 59.5 Å². The van der Waals surface area contributed by atoms with Gasteiger partial charge in [0.1, 0.15) is 0 Å². The Morgan fingerprint density at radius 2 is 1.68 bits per heavy atom. The third-order valence-electron chi connectivity index (χ3n) is 5.03. The molecule has 0 spiro atoms. The van der Waals surface area contributed by atoms with E-state index in [-0.39, 0.29) is 36.7 Å². The number of benzene rings is 2. The molecule has 2 aromatic carbocycles. The molecule has 1 amide bonds. The summed E-state index contributed by atoms with van der Waals surface area (Å²) in [5.41, 5.74) is 2.41. The van der Waals surface area contributed by atoms with Crippen LogP contribution in [0.25, 0.3) is 6.08 Å². The number of nitriles is 2. The Balaban J connectivity index is 1.72. The van der Waals surface area contributed by atoms with E-state index in [0.29, 0.717) is 24.2 Å². The summed E-state index contributed by atoms with van der Waals surface area (Å²) in [5, 5.41) is 17.5. The number of carbonyl (C=O) groups excluding carboxylic acids is 1. The predicted molar refractivity (Wildman–Crippen MR) is 117 cm³/mol. The highest BCUT2D eigenvalue weighted by molar-refractivity contribution is 7.92. The average molecular weight is 435 g/mol. The lowest BCUT2D eigenvalue weighted by molar-refractivity contribution is -0.125. The molecule has 1 aliphatic heterocycles. The van der Waals surface area contributed by atoms with Gasteiger partial charge in [0.05, 0.1) is 35.6 Å². The van der Waals surface area contributed by atoms with Crippen molar-refractivity contribution < 1.29 is 13.2 Å². The lowest BCUT2D eigenvalue weighted by Crippen LogP contribution is -2.31. The highest BCUT2D eigenvalue weighted by Gasteiger charge is 2.30. The number of amides is 1. The Kier molecular flexibility index (Phi) is 7.07. The fourth-order valence-electron chi connectivity index (χ4n) is 3.41. The molecule has 0 unspecified atom stereocenters. The number of sulfonamides is 1. The van der Waals surface area contributed by atoms with Crippen molar-refractivity contribution >= 4 is 27.7 Å². The second-order valence-corrected chi connectivity index (χ2v) is 8.86. The van der Waals surface area contributed by atoms with Crippen LogP contribution in [0.2, 0.25) is 0 Å². The van der Waals surface area contributed by atoms with Crippen LogP contribution >= 0.6 is 0 Å². The van der Waals surface area contributed by atoms with Crippen molar-refractivity contribution in [2.75, 3.05) is 23.9 Å². The van der Waals surface area contributed by atoms with Crippen LogP contribution in [0, 0.1) is 22.7 Å². The number of para-hydroxylation sites is 1. The molecule has 158 valence electrons. The largest absolute Gasteiger partial charge is 0.337 e. The standard InChI is InChI=1S/C23H22N4O3S/c24-14-3-16-26(17-4-15-25)23(28)12-9-19-7-10-21(11-8-19)31(29,30)27-18-13-20-5-1-2-6-22(20)27/h1-2,5-12H,3-4,13,16-18H2. The first kappa shape index (κ1) is 22.1. The van der Waals surface area contributed by atoms with Gasteiger partial charge in [-0.3, -0.25) is 9.10 Å². The van der Waals surface area contributed by atoms with Crippen molar-refractivity contribution in [3.05, 3.63) is 65.7 Å². The maximum atomic E-state index is 13.1. The summed E-state index contributed by atoms with van der Waals surface area (Å²) in [4.78, 5) is 14.0. The highest BCUT2D eigenvalue weighted by atomic mass is 32.2. The quantitative estimate of drug-likeness (QED) is 0.594. The molecule has 0 radical (unpaired) electrons. The monoisotopic (exact) mass is 434 g/mol. The van der Waals surface area contributed by atoms with Gasteiger partial charge in [-0.25, -0.2) is 8.42 Å². The molecular formula is C23H22N4O3S. The first-order valence-electron chi connectivity index (χ1n) is 9.89. The molecule has 1 heterocycles. The number of rotatable bonds is 8. The zero-order chi connectivity index (χ0) is 22.3. The number of nitrogens with zero attached hydrogens (tertiary/aromatic N) is 4. The third-order valence-corrected chi connectivity index (χ3v) is 6.86. The van der Waals surface area contributed by atoms with Crippen molar-refractivity contribution in [3.63, 3.8) is 0 Å². The van der Waals surface area contributed by atoms with Gasteiger partial charge < -0.3 is 4.90 Å². The first-order valence-corrected chi connectivity index (χ1v) is 11.3. The van der Waals surface area contributed by atoms with E-state index in [1.54, 1.807) is 18.2 Å². The molecule has 3 rings (SSSR count). The molecule has 0 saturated carbocycles. The van der Waals surface area contributed by atoms with Crippen molar-refractivity contribution in [3.8, 4) is 12.1 Å². The van der Waals surface area contributed by atoms with Crippen LogP contribution in [-0.2, 0) is 21.2 Å². The fraction of sp³-hybridized carbons (Fsp3) is 0.261. The molecule has 0 fully saturated rings. The van der Waals surface area contributed by atoms with E-state index in [2.05, 4.69) is 0 Å². The summed E-state index contributed by atoms with van der Waals surface area (Å²) in [6.45, 7) is 0.935. The lowest BCUT2D eigenvalue weighted by Gasteiger charge is -2.19. The smallest absolute Gasteiger partial charge is 0.264 e. The van der Waals surface area contributed by atoms with Crippen LogP contribution in [-0.4, -0.2) is 38.9 Å². The number of hydrogen-bond acceptors (Lipinski definition) is 5. The average Bonchev–Trinajstić information content (AvgIpc) is 3.23. The minimum absolute atomic E-state index is 0.192. The van der Waals surface area contributed by atoms with E-state index in [1.807, 2.05) is 36.4 Å². The zero-order valence-corrected chi connectivity index (χ0v) is 17.8. The van der Waals surface area contributed by atoms with Crippen molar-refractivity contribution in [2.45, 2.75) is 24.2 Å². The van der Waals surface area contributed by atoms with Crippen molar-refractivity contribution in [1.82, 2.24) is 4.90 Å². The maximum Gasteiger partial charge on any atom is 0.264 e. The second kappa shape index (κ2) is 9.92. The van der Waals surface area contributed by atoms with E-state index < -0.39 is 10.0 Å². The minimum atomic E-state index is -3.66. The molecule has 7 nitrogen and oxygen atoms in total. The summed E-state index contributed by atoms with van der Waals surface area (Å²) < 4.78 is 27.5. The van der Waals surface area contributed by atoms with Gasteiger partial charge in [0.15, 0.2) is 0 Å². The van der Waals surface area contributed by atoms with Crippen LogP contribution in [0.4, 0.5) is 5.69 Å². The Morgan fingerprint density at radius 3 is 2.32 bits per heavy atom. The molecule has 0 atom stereocenters. The summed E-state index contributed by atoms with van der Waals surface area (Å²) in [7, 11) is -3.66. The van der Waals surface area contributed by atoms with Gasteiger partial charge in [0.25, 0.3) is 10.0 Å². The maximum absolute atomic E-state index is 13.1. The Hall–Kier alpha value is -3.62. The summed E-state index contributed by atoms with van der Waals surface area (Å²) >= 11 is 0. The number of fused-ring (bicyclic) bond motifs is 1. The molecule has 0 aromatic heterocycles. The van der Waals surface area contributed by atoms with Gasteiger partial charge in [0.2, 0.25) is 5.91 Å². The summed E-state index contributed by atoms with van der Waals surface area (Å²) in [6, 6.07) is 17.8. The van der Waals surface area contributed by atoms with Gasteiger partial charge in [-0.15, -0.1) is 0 Å². The van der Waals surface area contributed by atoms with Crippen LogP contribution < -0.4 is 4.31 Å². The lowest BCUT2D eigenvalue weighted by atomic mass is 10.2. The van der Waals surface area contributed by atoms with Gasteiger partial charge in [-0.2, -0.15) is 10.5 Å². The van der Waals surface area contributed by atoms with E-state index in [1.165, 1.54) is 27.4 Å². The molecular weight excluding hydrogens is 412 g/mol. The van der Waals surface area contributed by atoms with Gasteiger partial charge in [-0.05, 0) is 41.8 Å². The van der Waals surface area contributed by atoms with Gasteiger partial charge >= 0.3 is 0 Å². The topological polar surface area (TPSA) is 105 Å². The van der Waals surface area contributed by atoms with Gasteiger partial charge in [0, 0.05) is 25.7 Å². The highest BCUT2D eigenvalue weighted by Crippen LogP contribution is 2.32. The van der Waals surface area contributed by atoms with E-state index in [0.717, 1.165) is 5.56 Å². The normalized spacial score (nSPS) is 12.9. The molecule has 0 saturated heterocycles. The molecule has 2 aromatic rings. The van der Waals surface area contributed by atoms with Crippen molar-refractivity contribution in [1.29, 1.82) is 10.5 Å². The van der Waals surface area contributed by atoms with E-state index >= 15 is 0 Å². The van der Waals surface area contributed by atoms with Crippen LogP contribution in [0.1, 0.15) is 24.0 Å². The molecule has 1 aliphatic rings. The SMILES string of the molecule is N#CCCN(CCC#N)C(=O)C=Cc1ccc(S(=O)(=O)N2CCc3ccccc32)cc1. The predicted octanol–water partition coefficient (Wildman–Crippen LogP) is 3.11. The third kappa shape index (κ3) is 5.11.